The fraction of sp³-hybridized carbons (Fsp3) is 0.158. The number of methoxy groups -OCH3 is 2. The Balaban J connectivity index is 1.78. The van der Waals surface area contributed by atoms with Crippen molar-refractivity contribution >= 4 is 34.7 Å². The molecule has 3 aromatic rings. The number of carbonyl (C=O) groups excluding carboxylic acids is 1. The van der Waals surface area contributed by atoms with Gasteiger partial charge in [0.05, 0.1) is 36.7 Å². The second-order valence-corrected chi connectivity index (χ2v) is 7.02. The van der Waals surface area contributed by atoms with E-state index in [1.807, 2.05) is 35.2 Å². The van der Waals surface area contributed by atoms with Crippen LogP contribution in [0, 0.1) is 0 Å². The third-order valence-corrected chi connectivity index (χ3v) is 5.39. The van der Waals surface area contributed by atoms with Gasteiger partial charge >= 0.3 is 0 Å². The molecule has 0 radical (unpaired) electrons. The van der Waals surface area contributed by atoms with Crippen LogP contribution in [0.3, 0.4) is 0 Å². The Hall–Kier alpha value is -2.51. The number of benzene rings is 2. The van der Waals surface area contributed by atoms with Gasteiger partial charge in [0.15, 0.2) is 0 Å². The van der Waals surface area contributed by atoms with Gasteiger partial charge in [0.25, 0.3) is 5.91 Å². The number of thioether (sulfide) groups is 1. The normalized spacial score (nSPS) is 10.4. The maximum absolute atomic E-state index is 12.8. The molecule has 1 N–H and O–H groups in total. The quantitative estimate of drug-likeness (QED) is 0.596. The molecule has 0 spiro atoms. The van der Waals surface area contributed by atoms with E-state index in [4.69, 9.17) is 9.47 Å². The molecule has 1 aromatic heterocycles. The minimum Gasteiger partial charge on any atom is -0.497 e. The first-order valence-electron chi connectivity index (χ1n) is 7.83. The van der Waals surface area contributed by atoms with E-state index in [2.05, 4.69) is 10.3 Å². The number of anilines is 1. The molecule has 134 valence electrons. The number of rotatable bonds is 7. The van der Waals surface area contributed by atoms with Crippen LogP contribution >= 0.6 is 23.1 Å². The van der Waals surface area contributed by atoms with Crippen molar-refractivity contribution in [3.63, 3.8) is 0 Å². The third kappa shape index (κ3) is 4.36. The Bertz CT molecular complexity index is 882. The molecule has 2 aromatic carbocycles. The van der Waals surface area contributed by atoms with E-state index in [1.165, 1.54) is 0 Å². The summed E-state index contributed by atoms with van der Waals surface area (Å²) in [7, 11) is 3.14. The molecule has 1 amide bonds. The molecule has 0 aliphatic rings. The Kier molecular flexibility index (Phi) is 6.14. The summed E-state index contributed by atoms with van der Waals surface area (Å²) < 4.78 is 10.5. The molecule has 0 bridgehead atoms. The molecule has 26 heavy (non-hydrogen) atoms. The van der Waals surface area contributed by atoms with Gasteiger partial charge in [-0.2, -0.15) is 0 Å². The lowest BCUT2D eigenvalue weighted by molar-refractivity contribution is 0.102. The first-order valence-corrected chi connectivity index (χ1v) is 9.76. The van der Waals surface area contributed by atoms with Gasteiger partial charge in [-0.1, -0.05) is 12.1 Å². The van der Waals surface area contributed by atoms with E-state index in [0.29, 0.717) is 22.7 Å². The second kappa shape index (κ2) is 8.73. The number of amides is 1. The molecule has 0 aliphatic carbocycles. The smallest absolute Gasteiger partial charge is 0.256 e. The monoisotopic (exact) mass is 386 g/mol. The summed E-state index contributed by atoms with van der Waals surface area (Å²) in [5.74, 6) is 1.75. The maximum Gasteiger partial charge on any atom is 0.256 e. The summed E-state index contributed by atoms with van der Waals surface area (Å²) in [6.45, 7) is 0. The van der Waals surface area contributed by atoms with Crippen LogP contribution in [-0.2, 0) is 5.75 Å². The Labute approximate surface area is 160 Å². The summed E-state index contributed by atoms with van der Waals surface area (Å²) >= 11 is 3.16. The number of ether oxygens (including phenoxy) is 2. The molecule has 0 saturated carbocycles. The summed E-state index contributed by atoms with van der Waals surface area (Å²) in [4.78, 5) is 18.0. The SMILES string of the molecule is COc1ccc(NC(=O)c2ccccc2SCc2cscn2)c(OC)c1. The number of hydrogen-bond donors (Lipinski definition) is 1. The fourth-order valence-electron chi connectivity index (χ4n) is 2.33. The molecule has 0 fully saturated rings. The van der Waals surface area contributed by atoms with Crippen molar-refractivity contribution in [3.05, 3.63) is 64.6 Å². The van der Waals surface area contributed by atoms with Gasteiger partial charge in [-0.25, -0.2) is 4.98 Å². The van der Waals surface area contributed by atoms with E-state index in [0.717, 1.165) is 16.3 Å². The molecule has 3 rings (SSSR count). The lowest BCUT2D eigenvalue weighted by Crippen LogP contribution is -2.13. The lowest BCUT2D eigenvalue weighted by Gasteiger charge is -2.13. The number of aromatic nitrogens is 1. The third-order valence-electron chi connectivity index (χ3n) is 3.65. The zero-order valence-electron chi connectivity index (χ0n) is 14.4. The summed E-state index contributed by atoms with van der Waals surface area (Å²) in [6, 6.07) is 12.8. The average molecular weight is 386 g/mol. The Morgan fingerprint density at radius 2 is 2.04 bits per heavy atom. The van der Waals surface area contributed by atoms with E-state index in [9.17, 15) is 4.79 Å². The standard InChI is InChI=1S/C19H18N2O3S2/c1-23-14-7-8-16(17(9-14)24-2)21-19(22)15-5-3-4-6-18(15)26-11-13-10-25-12-20-13/h3-10,12H,11H2,1-2H3,(H,21,22). The van der Waals surface area contributed by atoms with E-state index in [-0.39, 0.29) is 5.91 Å². The van der Waals surface area contributed by atoms with Gasteiger partial charge in [0.2, 0.25) is 0 Å². The highest BCUT2D eigenvalue weighted by molar-refractivity contribution is 7.98. The molecular weight excluding hydrogens is 368 g/mol. The van der Waals surface area contributed by atoms with Crippen LogP contribution in [0.1, 0.15) is 16.1 Å². The predicted molar refractivity (Wildman–Crippen MR) is 106 cm³/mol. The number of hydrogen-bond acceptors (Lipinski definition) is 6. The van der Waals surface area contributed by atoms with E-state index < -0.39 is 0 Å². The predicted octanol–water partition coefficient (Wildman–Crippen LogP) is 4.70. The lowest BCUT2D eigenvalue weighted by atomic mass is 10.2. The molecule has 5 nitrogen and oxygen atoms in total. The van der Waals surface area contributed by atoms with E-state index >= 15 is 0 Å². The summed E-state index contributed by atoms with van der Waals surface area (Å²) in [5.41, 5.74) is 4.03. The molecular formula is C19H18N2O3S2. The highest BCUT2D eigenvalue weighted by atomic mass is 32.2. The van der Waals surface area contributed by atoms with Crippen LogP contribution in [0.25, 0.3) is 0 Å². The zero-order chi connectivity index (χ0) is 18.4. The maximum atomic E-state index is 12.8. The van der Waals surface area contributed by atoms with Gasteiger partial charge in [-0.15, -0.1) is 23.1 Å². The zero-order valence-corrected chi connectivity index (χ0v) is 16.0. The molecule has 7 heteroatoms. The molecule has 0 unspecified atom stereocenters. The molecule has 1 heterocycles. The van der Waals surface area contributed by atoms with Crippen LogP contribution in [0.2, 0.25) is 0 Å². The average Bonchev–Trinajstić information content (AvgIpc) is 3.20. The van der Waals surface area contributed by atoms with Gasteiger partial charge < -0.3 is 14.8 Å². The van der Waals surface area contributed by atoms with Crippen LogP contribution in [0.5, 0.6) is 11.5 Å². The first-order chi connectivity index (χ1) is 12.7. The van der Waals surface area contributed by atoms with Crippen molar-refractivity contribution in [2.75, 3.05) is 19.5 Å². The molecule has 0 aliphatic heterocycles. The Morgan fingerprint density at radius 3 is 2.77 bits per heavy atom. The Morgan fingerprint density at radius 1 is 1.19 bits per heavy atom. The van der Waals surface area contributed by atoms with Crippen molar-refractivity contribution < 1.29 is 14.3 Å². The van der Waals surface area contributed by atoms with Crippen molar-refractivity contribution in [1.82, 2.24) is 4.98 Å². The summed E-state index contributed by atoms with van der Waals surface area (Å²) in [5, 5.41) is 4.93. The van der Waals surface area contributed by atoms with Gasteiger partial charge in [-0.05, 0) is 24.3 Å². The van der Waals surface area contributed by atoms with Gasteiger partial charge in [0.1, 0.15) is 11.5 Å². The van der Waals surface area contributed by atoms with Crippen molar-refractivity contribution in [2.45, 2.75) is 10.6 Å². The van der Waals surface area contributed by atoms with Crippen LogP contribution in [0.4, 0.5) is 5.69 Å². The van der Waals surface area contributed by atoms with Crippen molar-refractivity contribution in [2.24, 2.45) is 0 Å². The van der Waals surface area contributed by atoms with Gasteiger partial charge in [0, 0.05) is 22.1 Å². The molecule has 0 saturated heterocycles. The minimum atomic E-state index is -0.185. The molecule has 0 atom stereocenters. The van der Waals surface area contributed by atoms with Crippen molar-refractivity contribution in [1.29, 1.82) is 0 Å². The van der Waals surface area contributed by atoms with Crippen LogP contribution < -0.4 is 14.8 Å². The van der Waals surface area contributed by atoms with Crippen LogP contribution in [-0.4, -0.2) is 25.1 Å². The summed E-state index contributed by atoms with van der Waals surface area (Å²) in [6.07, 6.45) is 0. The van der Waals surface area contributed by atoms with Gasteiger partial charge in [-0.3, -0.25) is 4.79 Å². The number of nitrogens with one attached hydrogen (secondary N) is 1. The highest BCUT2D eigenvalue weighted by Gasteiger charge is 2.14. The number of nitrogens with zero attached hydrogens (tertiary/aromatic N) is 1. The van der Waals surface area contributed by atoms with Crippen molar-refractivity contribution in [3.8, 4) is 11.5 Å². The minimum absolute atomic E-state index is 0.185. The largest absolute Gasteiger partial charge is 0.497 e. The topological polar surface area (TPSA) is 60.5 Å². The number of thiazole rings is 1. The first kappa shape index (κ1) is 18.3. The van der Waals surface area contributed by atoms with E-state index in [1.54, 1.807) is 55.5 Å². The number of carbonyl (C=O) groups is 1. The fourth-order valence-corrected chi connectivity index (χ4v) is 3.95. The second-order valence-electron chi connectivity index (χ2n) is 5.28. The van der Waals surface area contributed by atoms with Crippen LogP contribution in [0.15, 0.2) is 58.3 Å². The highest BCUT2D eigenvalue weighted by Crippen LogP contribution is 2.31.